The predicted molar refractivity (Wildman–Crippen MR) is 144 cm³/mol. The molecule has 0 unspecified atom stereocenters. The van der Waals surface area contributed by atoms with Crippen LogP contribution in [0.1, 0.15) is 54.4 Å². The van der Waals surface area contributed by atoms with E-state index in [1.54, 1.807) is 11.0 Å². The number of hydrogen-bond acceptors (Lipinski definition) is 4. The van der Waals surface area contributed by atoms with Gasteiger partial charge in [-0.3, -0.25) is 9.69 Å². The second-order valence-electron chi connectivity index (χ2n) is 11.1. The van der Waals surface area contributed by atoms with Crippen molar-refractivity contribution in [2.24, 2.45) is 5.92 Å². The van der Waals surface area contributed by atoms with E-state index in [2.05, 4.69) is 21.2 Å². The minimum atomic E-state index is -4.45. The molecule has 0 radical (unpaired) electrons. The third-order valence-corrected chi connectivity index (χ3v) is 8.13. The predicted octanol–water partition coefficient (Wildman–Crippen LogP) is 5.40. The summed E-state index contributed by atoms with van der Waals surface area (Å²) in [5.74, 6) is 0.682. The Kier molecular flexibility index (Phi) is 8.58. The Labute approximate surface area is 224 Å². The molecule has 1 amide bonds. The van der Waals surface area contributed by atoms with E-state index in [0.29, 0.717) is 6.54 Å². The first-order valence-corrected chi connectivity index (χ1v) is 14.1. The minimum Gasteiger partial charge on any atom is -0.376 e. The molecule has 2 heterocycles. The molecule has 0 atom stereocenters. The van der Waals surface area contributed by atoms with Crippen LogP contribution in [0.3, 0.4) is 0 Å². The van der Waals surface area contributed by atoms with Crippen LogP contribution in [0.25, 0.3) is 0 Å². The maximum absolute atomic E-state index is 13.7. The van der Waals surface area contributed by atoms with Gasteiger partial charge >= 0.3 is 6.18 Å². The lowest BCUT2D eigenvalue weighted by molar-refractivity contribution is -0.139. The highest BCUT2D eigenvalue weighted by atomic mass is 19.4. The number of anilines is 1. The highest BCUT2D eigenvalue weighted by Crippen LogP contribution is 2.34. The number of nitrogens with one attached hydrogen (secondary N) is 1. The van der Waals surface area contributed by atoms with Crippen LogP contribution in [0.5, 0.6) is 0 Å². The van der Waals surface area contributed by atoms with E-state index in [0.717, 1.165) is 63.2 Å². The Balaban J connectivity index is 1.25. The molecule has 5 nitrogen and oxygen atoms in total. The van der Waals surface area contributed by atoms with Crippen LogP contribution in [0.15, 0.2) is 42.5 Å². The molecule has 2 aromatic rings. The molecule has 0 spiro atoms. The zero-order chi connectivity index (χ0) is 26.5. The molecule has 2 aliphatic heterocycles. The summed E-state index contributed by atoms with van der Waals surface area (Å²) in [6.45, 7) is 6.57. The third-order valence-electron chi connectivity index (χ3n) is 8.13. The van der Waals surface area contributed by atoms with Crippen molar-refractivity contribution in [3.63, 3.8) is 0 Å². The highest BCUT2D eigenvalue weighted by Gasteiger charge is 2.33. The molecule has 2 aromatic carbocycles. The van der Waals surface area contributed by atoms with Gasteiger partial charge in [0.05, 0.1) is 12.1 Å². The number of fused-ring (bicyclic) bond motifs is 1. The zero-order valence-electron chi connectivity index (χ0n) is 22.1. The first kappa shape index (κ1) is 27.0. The van der Waals surface area contributed by atoms with E-state index < -0.39 is 11.7 Å². The highest BCUT2D eigenvalue weighted by molar-refractivity contribution is 5.81. The van der Waals surface area contributed by atoms with E-state index in [1.807, 2.05) is 12.1 Å². The van der Waals surface area contributed by atoms with Crippen molar-refractivity contribution in [3.8, 4) is 0 Å². The molecule has 1 N–H and O–H groups in total. The second-order valence-corrected chi connectivity index (χ2v) is 11.1. The van der Waals surface area contributed by atoms with Crippen molar-refractivity contribution in [1.29, 1.82) is 0 Å². The van der Waals surface area contributed by atoms with E-state index >= 15 is 0 Å². The number of hydrogen-bond donors (Lipinski definition) is 1. The zero-order valence-corrected chi connectivity index (χ0v) is 22.1. The summed E-state index contributed by atoms with van der Waals surface area (Å²) in [7, 11) is 0. The van der Waals surface area contributed by atoms with Crippen molar-refractivity contribution < 1.29 is 18.0 Å². The molecule has 206 valence electrons. The Bertz CT molecular complexity index is 1100. The fourth-order valence-electron chi connectivity index (χ4n) is 5.86. The number of amides is 1. The lowest BCUT2D eigenvalue weighted by Gasteiger charge is -2.30. The molecule has 1 saturated carbocycles. The first-order chi connectivity index (χ1) is 18.4. The number of likely N-dealkylation sites (tertiary alicyclic amines) is 1. The largest absolute Gasteiger partial charge is 0.416 e. The summed E-state index contributed by atoms with van der Waals surface area (Å²) >= 11 is 0. The summed E-state index contributed by atoms with van der Waals surface area (Å²) < 4.78 is 41.0. The molecule has 5 rings (SSSR count). The fourth-order valence-corrected chi connectivity index (χ4v) is 5.86. The molecule has 8 heteroatoms. The van der Waals surface area contributed by atoms with Crippen LogP contribution < -0.4 is 5.32 Å². The normalized spacial score (nSPS) is 18.4. The lowest BCUT2D eigenvalue weighted by Crippen LogP contribution is -2.38. The van der Waals surface area contributed by atoms with Crippen LogP contribution in [-0.2, 0) is 30.5 Å². The van der Waals surface area contributed by atoms with Crippen molar-refractivity contribution in [3.05, 3.63) is 64.7 Å². The van der Waals surface area contributed by atoms with Crippen LogP contribution in [0.4, 0.5) is 18.9 Å². The average Bonchev–Trinajstić information content (AvgIpc) is 3.56. The topological polar surface area (TPSA) is 38.8 Å². The van der Waals surface area contributed by atoms with Gasteiger partial charge in [0, 0.05) is 38.4 Å². The van der Waals surface area contributed by atoms with Gasteiger partial charge in [0.15, 0.2) is 0 Å². The summed E-state index contributed by atoms with van der Waals surface area (Å²) in [5.41, 5.74) is 3.00. The van der Waals surface area contributed by atoms with Crippen LogP contribution >= 0.6 is 0 Å². The fraction of sp³-hybridized carbons (Fsp3) is 0.567. The van der Waals surface area contributed by atoms with Gasteiger partial charge in [0.2, 0.25) is 5.91 Å². The first-order valence-electron chi connectivity index (χ1n) is 14.1. The Hall–Kier alpha value is -2.58. The third kappa shape index (κ3) is 7.08. The Morgan fingerprint density at radius 1 is 1.00 bits per heavy atom. The SMILES string of the molecule is O=C(CNc1cccc2c1CCN(CC1CC1)C2)N(CCCN1CCCC1)Cc1ccccc1C(F)(F)F. The number of carbonyl (C=O) groups excluding carboxylic acids is 1. The van der Waals surface area contributed by atoms with Gasteiger partial charge < -0.3 is 15.1 Å². The van der Waals surface area contributed by atoms with E-state index in [4.69, 9.17) is 0 Å². The molecule has 3 aliphatic rings. The molecule has 38 heavy (non-hydrogen) atoms. The second kappa shape index (κ2) is 12.1. The van der Waals surface area contributed by atoms with Crippen LogP contribution in [0, 0.1) is 5.92 Å². The van der Waals surface area contributed by atoms with Crippen molar-refractivity contribution in [2.45, 2.75) is 57.8 Å². The van der Waals surface area contributed by atoms with E-state index in [-0.39, 0.29) is 24.6 Å². The maximum Gasteiger partial charge on any atom is 0.416 e. The number of nitrogens with zero attached hydrogens (tertiary/aromatic N) is 3. The summed E-state index contributed by atoms with van der Waals surface area (Å²) in [5, 5.41) is 3.34. The van der Waals surface area contributed by atoms with Gasteiger partial charge in [-0.05, 0) is 92.9 Å². The molecular weight excluding hydrogens is 489 g/mol. The summed E-state index contributed by atoms with van der Waals surface area (Å²) in [4.78, 5) is 19.9. The van der Waals surface area contributed by atoms with Gasteiger partial charge in [-0.25, -0.2) is 0 Å². The monoisotopic (exact) mass is 528 g/mol. The molecule has 1 saturated heterocycles. The van der Waals surface area contributed by atoms with Gasteiger partial charge in [-0.15, -0.1) is 0 Å². The van der Waals surface area contributed by atoms with E-state index in [9.17, 15) is 18.0 Å². The molecule has 1 aliphatic carbocycles. The Morgan fingerprint density at radius 2 is 1.79 bits per heavy atom. The minimum absolute atomic E-state index is 0.0424. The molecule has 0 aromatic heterocycles. The summed E-state index contributed by atoms with van der Waals surface area (Å²) in [6.07, 6.45) is 2.30. The standard InChI is InChI=1S/C30H39F3N4O/c31-30(32,33)27-9-2-1-7-25(27)22-37(17-6-16-35-14-3-4-15-35)29(38)19-34-28-10-5-8-24-21-36(18-13-26(24)28)20-23-11-12-23/h1-2,5,7-10,23,34H,3-4,6,11-22H2. The van der Waals surface area contributed by atoms with Crippen LogP contribution in [0.2, 0.25) is 0 Å². The molecule has 2 fully saturated rings. The quantitative estimate of drug-likeness (QED) is 0.424. The van der Waals surface area contributed by atoms with E-state index in [1.165, 1.54) is 55.5 Å². The van der Waals surface area contributed by atoms with Crippen molar-refractivity contribution in [2.75, 3.05) is 51.1 Å². The molecular formula is C30H39F3N4O. The number of alkyl halides is 3. The average molecular weight is 529 g/mol. The Morgan fingerprint density at radius 3 is 2.55 bits per heavy atom. The number of benzene rings is 2. The number of rotatable bonds is 11. The lowest BCUT2D eigenvalue weighted by atomic mass is 9.97. The van der Waals surface area contributed by atoms with Crippen LogP contribution in [-0.4, -0.2) is 66.4 Å². The van der Waals surface area contributed by atoms with Gasteiger partial charge in [0.1, 0.15) is 0 Å². The molecule has 0 bridgehead atoms. The van der Waals surface area contributed by atoms with Crippen molar-refractivity contribution in [1.82, 2.24) is 14.7 Å². The van der Waals surface area contributed by atoms with Gasteiger partial charge in [-0.1, -0.05) is 30.3 Å². The van der Waals surface area contributed by atoms with Gasteiger partial charge in [0.25, 0.3) is 0 Å². The van der Waals surface area contributed by atoms with Gasteiger partial charge in [-0.2, -0.15) is 13.2 Å². The smallest absolute Gasteiger partial charge is 0.376 e. The van der Waals surface area contributed by atoms with Crippen molar-refractivity contribution >= 4 is 11.6 Å². The number of halogens is 3. The maximum atomic E-state index is 13.7. The summed E-state index contributed by atoms with van der Waals surface area (Å²) in [6, 6.07) is 11.8. The number of carbonyl (C=O) groups is 1.